The van der Waals surface area contributed by atoms with E-state index in [4.69, 9.17) is 22.1 Å². The topological polar surface area (TPSA) is 75.9 Å². The molecular formula is C21H23ClFN3O3. The van der Waals surface area contributed by atoms with Crippen molar-refractivity contribution in [1.82, 2.24) is 9.80 Å². The lowest BCUT2D eigenvalue weighted by atomic mass is 10.1. The van der Waals surface area contributed by atoms with Crippen LogP contribution in [-0.4, -0.2) is 53.9 Å². The Labute approximate surface area is 174 Å². The molecule has 1 fully saturated rings. The predicted molar refractivity (Wildman–Crippen MR) is 108 cm³/mol. The largest absolute Gasteiger partial charge is 0.483 e. The zero-order valence-electron chi connectivity index (χ0n) is 16.1. The van der Waals surface area contributed by atoms with Gasteiger partial charge < -0.3 is 15.4 Å². The summed E-state index contributed by atoms with van der Waals surface area (Å²) in [5, 5.41) is 0.364. The van der Waals surface area contributed by atoms with Crippen LogP contribution >= 0.6 is 11.6 Å². The van der Waals surface area contributed by atoms with Crippen molar-refractivity contribution in [3.05, 3.63) is 64.4 Å². The SMILES string of the molecule is C[C@@H]1CN(Cc2ccc(F)cc2)CCN1C(=O)COc1ccc(Cl)cc1C(N)=O. The number of rotatable bonds is 6. The summed E-state index contributed by atoms with van der Waals surface area (Å²) >= 11 is 5.88. The maximum Gasteiger partial charge on any atom is 0.260 e. The van der Waals surface area contributed by atoms with Gasteiger partial charge in [0.05, 0.1) is 5.56 Å². The van der Waals surface area contributed by atoms with Crippen LogP contribution in [0.15, 0.2) is 42.5 Å². The molecule has 1 aliphatic rings. The summed E-state index contributed by atoms with van der Waals surface area (Å²) in [6.07, 6.45) is 0. The van der Waals surface area contributed by atoms with Gasteiger partial charge in [0.15, 0.2) is 6.61 Å². The highest BCUT2D eigenvalue weighted by Crippen LogP contribution is 2.23. The zero-order valence-corrected chi connectivity index (χ0v) is 16.9. The maximum absolute atomic E-state index is 13.0. The Balaban J connectivity index is 1.55. The van der Waals surface area contributed by atoms with E-state index in [1.54, 1.807) is 23.1 Å². The van der Waals surface area contributed by atoms with E-state index in [0.29, 0.717) is 31.2 Å². The molecule has 2 N–H and O–H groups in total. The average molecular weight is 420 g/mol. The highest BCUT2D eigenvalue weighted by molar-refractivity contribution is 6.31. The monoisotopic (exact) mass is 419 g/mol. The molecule has 0 aromatic heterocycles. The van der Waals surface area contributed by atoms with Crippen molar-refractivity contribution in [2.24, 2.45) is 5.73 Å². The Morgan fingerprint density at radius 3 is 2.59 bits per heavy atom. The van der Waals surface area contributed by atoms with Crippen LogP contribution in [0.25, 0.3) is 0 Å². The molecule has 0 spiro atoms. The zero-order chi connectivity index (χ0) is 21.0. The first kappa shape index (κ1) is 21.1. The highest BCUT2D eigenvalue weighted by atomic mass is 35.5. The summed E-state index contributed by atoms with van der Waals surface area (Å²) in [5.74, 6) is -0.849. The minimum absolute atomic E-state index is 0.00104. The third kappa shape index (κ3) is 5.46. The lowest BCUT2D eigenvalue weighted by molar-refractivity contribution is -0.138. The summed E-state index contributed by atoms with van der Waals surface area (Å²) in [4.78, 5) is 28.2. The molecule has 1 atom stereocenters. The van der Waals surface area contributed by atoms with E-state index in [2.05, 4.69) is 4.90 Å². The number of ether oxygens (including phenoxy) is 1. The molecule has 6 nitrogen and oxygen atoms in total. The molecule has 0 saturated carbocycles. The summed E-state index contributed by atoms with van der Waals surface area (Å²) in [6.45, 7) is 4.47. The molecule has 8 heteroatoms. The van der Waals surface area contributed by atoms with Crippen molar-refractivity contribution < 1.29 is 18.7 Å². The first-order valence-corrected chi connectivity index (χ1v) is 9.69. The molecule has 1 aliphatic heterocycles. The third-order valence-electron chi connectivity index (χ3n) is 4.91. The van der Waals surface area contributed by atoms with Crippen LogP contribution < -0.4 is 10.5 Å². The lowest BCUT2D eigenvalue weighted by Gasteiger charge is -2.39. The van der Waals surface area contributed by atoms with Gasteiger partial charge in [-0.05, 0) is 42.8 Å². The van der Waals surface area contributed by atoms with Crippen molar-refractivity contribution in [3.63, 3.8) is 0 Å². The minimum Gasteiger partial charge on any atom is -0.483 e. The Hall–Kier alpha value is -2.64. The predicted octanol–water partition coefficient (Wildman–Crippen LogP) is 2.69. The molecule has 0 aliphatic carbocycles. The molecule has 0 bridgehead atoms. The summed E-state index contributed by atoms with van der Waals surface area (Å²) in [6, 6.07) is 11.0. The number of nitrogens with two attached hydrogens (primary N) is 1. The van der Waals surface area contributed by atoms with Gasteiger partial charge in [-0.3, -0.25) is 14.5 Å². The number of hydrogen-bond donors (Lipinski definition) is 1. The molecule has 2 amide bonds. The van der Waals surface area contributed by atoms with Gasteiger partial charge in [-0.25, -0.2) is 4.39 Å². The fourth-order valence-electron chi connectivity index (χ4n) is 3.44. The Morgan fingerprint density at radius 2 is 1.93 bits per heavy atom. The third-order valence-corrected chi connectivity index (χ3v) is 5.14. The van der Waals surface area contributed by atoms with E-state index in [0.717, 1.165) is 5.56 Å². The Morgan fingerprint density at radius 1 is 1.21 bits per heavy atom. The van der Waals surface area contributed by atoms with E-state index in [1.165, 1.54) is 24.3 Å². The average Bonchev–Trinajstić information content (AvgIpc) is 2.68. The van der Waals surface area contributed by atoms with Crippen LogP contribution in [0.4, 0.5) is 4.39 Å². The molecule has 0 unspecified atom stereocenters. The smallest absolute Gasteiger partial charge is 0.260 e. The molecule has 0 radical (unpaired) electrons. The number of benzene rings is 2. The van der Waals surface area contributed by atoms with Crippen LogP contribution in [0, 0.1) is 5.82 Å². The van der Waals surface area contributed by atoms with Gasteiger partial charge in [0, 0.05) is 37.2 Å². The summed E-state index contributed by atoms with van der Waals surface area (Å²) in [7, 11) is 0. The van der Waals surface area contributed by atoms with Crippen molar-refractivity contribution >= 4 is 23.4 Å². The second-order valence-electron chi connectivity index (χ2n) is 7.09. The van der Waals surface area contributed by atoms with Crippen LogP contribution in [0.3, 0.4) is 0 Å². The van der Waals surface area contributed by atoms with Crippen LogP contribution in [0.1, 0.15) is 22.8 Å². The van der Waals surface area contributed by atoms with Gasteiger partial charge in [-0.15, -0.1) is 0 Å². The first-order valence-electron chi connectivity index (χ1n) is 9.32. The molecule has 1 heterocycles. The number of amides is 2. The number of primary amides is 1. The number of hydrogen-bond acceptors (Lipinski definition) is 4. The van der Waals surface area contributed by atoms with Gasteiger partial charge in [-0.1, -0.05) is 23.7 Å². The van der Waals surface area contributed by atoms with E-state index in [-0.39, 0.29) is 35.7 Å². The van der Waals surface area contributed by atoms with E-state index in [1.807, 2.05) is 6.92 Å². The van der Waals surface area contributed by atoms with Crippen LogP contribution in [0.2, 0.25) is 5.02 Å². The van der Waals surface area contributed by atoms with Gasteiger partial charge in [0.1, 0.15) is 11.6 Å². The van der Waals surface area contributed by atoms with Gasteiger partial charge >= 0.3 is 0 Å². The number of carbonyl (C=O) groups is 2. The van der Waals surface area contributed by atoms with E-state index in [9.17, 15) is 14.0 Å². The van der Waals surface area contributed by atoms with Crippen LogP contribution in [0.5, 0.6) is 5.75 Å². The Kier molecular flexibility index (Phi) is 6.71. The molecular weight excluding hydrogens is 397 g/mol. The summed E-state index contributed by atoms with van der Waals surface area (Å²) in [5.41, 5.74) is 6.51. The molecule has 154 valence electrons. The van der Waals surface area contributed by atoms with E-state index < -0.39 is 5.91 Å². The lowest BCUT2D eigenvalue weighted by Crippen LogP contribution is -2.54. The second kappa shape index (κ2) is 9.24. The van der Waals surface area contributed by atoms with Crippen molar-refractivity contribution in [1.29, 1.82) is 0 Å². The normalized spacial score (nSPS) is 17.2. The molecule has 2 aromatic rings. The highest BCUT2D eigenvalue weighted by Gasteiger charge is 2.27. The van der Waals surface area contributed by atoms with Crippen molar-refractivity contribution in [3.8, 4) is 5.75 Å². The number of halogens is 2. The fraction of sp³-hybridized carbons (Fsp3) is 0.333. The maximum atomic E-state index is 13.0. The van der Waals surface area contributed by atoms with Gasteiger partial charge in [0.25, 0.3) is 11.8 Å². The van der Waals surface area contributed by atoms with Gasteiger partial charge in [0.2, 0.25) is 0 Å². The summed E-state index contributed by atoms with van der Waals surface area (Å²) < 4.78 is 18.6. The number of piperazine rings is 1. The number of carbonyl (C=O) groups excluding carboxylic acids is 2. The van der Waals surface area contributed by atoms with Crippen molar-refractivity contribution in [2.75, 3.05) is 26.2 Å². The minimum atomic E-state index is -0.669. The molecule has 29 heavy (non-hydrogen) atoms. The molecule has 1 saturated heterocycles. The molecule has 3 rings (SSSR count). The van der Waals surface area contributed by atoms with Gasteiger partial charge in [-0.2, -0.15) is 0 Å². The van der Waals surface area contributed by atoms with Crippen molar-refractivity contribution in [2.45, 2.75) is 19.5 Å². The van der Waals surface area contributed by atoms with E-state index >= 15 is 0 Å². The first-order chi connectivity index (χ1) is 13.8. The number of nitrogens with zero attached hydrogens (tertiary/aromatic N) is 2. The quantitative estimate of drug-likeness (QED) is 0.781. The fourth-order valence-corrected chi connectivity index (χ4v) is 3.61. The second-order valence-corrected chi connectivity index (χ2v) is 7.53. The Bertz CT molecular complexity index is 891. The standard InChI is InChI=1S/C21H23ClFN3O3/c1-14-11-25(12-15-2-5-17(23)6-3-15)8-9-26(14)20(27)13-29-19-7-4-16(22)10-18(19)21(24)28/h2-7,10,14H,8-9,11-13H2,1H3,(H2,24,28)/t14-/m1/s1. The van der Waals surface area contributed by atoms with Crippen LogP contribution in [-0.2, 0) is 11.3 Å². The molecule has 2 aromatic carbocycles.